The summed E-state index contributed by atoms with van der Waals surface area (Å²) in [4.78, 5) is 15.3. The van der Waals surface area contributed by atoms with Crippen LogP contribution < -0.4 is 10.1 Å². The molecule has 2 rings (SSSR count). The lowest BCUT2D eigenvalue weighted by Crippen LogP contribution is -2.04. The van der Waals surface area contributed by atoms with Gasteiger partial charge in [-0.2, -0.15) is 0 Å². The Labute approximate surface area is 112 Å². The summed E-state index contributed by atoms with van der Waals surface area (Å²) in [6, 6.07) is 3.55. The van der Waals surface area contributed by atoms with Crippen molar-refractivity contribution in [3.63, 3.8) is 0 Å². The molecule has 5 nitrogen and oxygen atoms in total. The van der Waals surface area contributed by atoms with Crippen LogP contribution >= 0.6 is 15.9 Å². The number of hydrogen-bond donors (Lipinski definition) is 2. The Hall–Kier alpha value is -1.82. The van der Waals surface area contributed by atoms with Crippen LogP contribution in [0.3, 0.4) is 0 Å². The van der Waals surface area contributed by atoms with Crippen molar-refractivity contribution in [1.29, 1.82) is 0 Å². The highest BCUT2D eigenvalue weighted by Crippen LogP contribution is 2.34. The van der Waals surface area contributed by atoms with Gasteiger partial charge in [-0.15, -0.1) is 0 Å². The van der Waals surface area contributed by atoms with E-state index in [1.54, 1.807) is 26.3 Å². The number of aromatic nitrogens is 1. The molecule has 2 N–H and O–H groups in total. The summed E-state index contributed by atoms with van der Waals surface area (Å²) < 4.78 is 5.93. The second kappa shape index (κ2) is 4.81. The third-order valence-electron chi connectivity index (χ3n) is 2.62. The fourth-order valence-corrected chi connectivity index (χ4v) is 2.29. The highest BCUT2D eigenvalue weighted by Gasteiger charge is 2.15. The van der Waals surface area contributed by atoms with Crippen molar-refractivity contribution in [2.75, 3.05) is 19.5 Å². The standard InChI is InChI=1S/C12H11BrN2O3/c1-14-11-6-3-8(13)10(18-2)4-9(6)15-5-7(11)12(16)17/h3-5H,1-2H3,(H,14,15)(H,16,17). The molecule has 0 bridgehead atoms. The number of nitrogens with one attached hydrogen (secondary N) is 1. The Kier molecular flexibility index (Phi) is 3.38. The fourth-order valence-electron chi connectivity index (χ4n) is 1.78. The summed E-state index contributed by atoms with van der Waals surface area (Å²) in [5, 5.41) is 12.7. The Balaban J connectivity index is 2.81. The summed E-state index contributed by atoms with van der Waals surface area (Å²) in [5.41, 5.74) is 1.35. The lowest BCUT2D eigenvalue weighted by Gasteiger charge is -2.11. The number of aromatic carboxylic acids is 1. The van der Waals surface area contributed by atoms with Crippen LogP contribution in [0.2, 0.25) is 0 Å². The van der Waals surface area contributed by atoms with Gasteiger partial charge in [0.1, 0.15) is 11.3 Å². The largest absolute Gasteiger partial charge is 0.495 e. The number of rotatable bonds is 3. The number of ether oxygens (including phenoxy) is 1. The Bertz CT molecular complexity index is 628. The van der Waals surface area contributed by atoms with Crippen molar-refractivity contribution < 1.29 is 14.6 Å². The minimum absolute atomic E-state index is 0.141. The van der Waals surface area contributed by atoms with E-state index in [4.69, 9.17) is 9.84 Å². The van der Waals surface area contributed by atoms with Crippen molar-refractivity contribution in [3.05, 3.63) is 28.4 Å². The lowest BCUT2D eigenvalue weighted by molar-refractivity contribution is 0.0697. The molecule has 2 aromatic rings. The highest BCUT2D eigenvalue weighted by atomic mass is 79.9. The van der Waals surface area contributed by atoms with Crippen LogP contribution in [0.1, 0.15) is 10.4 Å². The van der Waals surface area contributed by atoms with Gasteiger partial charge in [-0.1, -0.05) is 0 Å². The first kappa shape index (κ1) is 12.6. The molecule has 0 unspecified atom stereocenters. The van der Waals surface area contributed by atoms with Gasteiger partial charge in [0, 0.05) is 24.7 Å². The van der Waals surface area contributed by atoms with E-state index in [0.717, 1.165) is 9.86 Å². The maximum Gasteiger partial charge on any atom is 0.339 e. The van der Waals surface area contributed by atoms with Crippen LogP contribution in [0.5, 0.6) is 5.75 Å². The third kappa shape index (κ3) is 1.99. The molecule has 0 radical (unpaired) electrons. The molecule has 0 aliphatic rings. The maximum atomic E-state index is 11.1. The number of carboxylic acid groups (broad SMARTS) is 1. The Morgan fingerprint density at radius 1 is 1.50 bits per heavy atom. The van der Waals surface area contributed by atoms with Crippen LogP contribution in [-0.4, -0.2) is 30.2 Å². The quantitative estimate of drug-likeness (QED) is 0.912. The summed E-state index contributed by atoms with van der Waals surface area (Å²) in [5.74, 6) is -0.360. The van der Waals surface area contributed by atoms with Crippen molar-refractivity contribution >= 4 is 38.5 Å². The number of hydrogen-bond acceptors (Lipinski definition) is 4. The highest BCUT2D eigenvalue weighted by molar-refractivity contribution is 9.10. The summed E-state index contributed by atoms with van der Waals surface area (Å²) in [7, 11) is 3.25. The number of fused-ring (bicyclic) bond motifs is 1. The summed E-state index contributed by atoms with van der Waals surface area (Å²) in [6.45, 7) is 0. The number of pyridine rings is 1. The molecule has 0 saturated heterocycles. The molecule has 1 heterocycles. The molecule has 0 fully saturated rings. The van der Waals surface area contributed by atoms with Crippen molar-refractivity contribution in [3.8, 4) is 5.75 Å². The van der Waals surface area contributed by atoms with E-state index in [-0.39, 0.29) is 5.56 Å². The normalized spacial score (nSPS) is 10.4. The zero-order valence-corrected chi connectivity index (χ0v) is 11.4. The number of benzene rings is 1. The van der Waals surface area contributed by atoms with Gasteiger partial charge in [-0.3, -0.25) is 4.98 Å². The molecule has 94 valence electrons. The predicted octanol–water partition coefficient (Wildman–Crippen LogP) is 2.75. The molecule has 0 spiro atoms. The van der Waals surface area contributed by atoms with Gasteiger partial charge in [0.05, 0.1) is 22.8 Å². The molecule has 1 aromatic heterocycles. The van der Waals surface area contributed by atoms with Crippen molar-refractivity contribution in [2.45, 2.75) is 0 Å². The number of methoxy groups -OCH3 is 1. The van der Waals surface area contributed by atoms with Gasteiger partial charge in [-0.05, 0) is 22.0 Å². The van der Waals surface area contributed by atoms with Gasteiger partial charge < -0.3 is 15.2 Å². The van der Waals surface area contributed by atoms with Crippen LogP contribution in [0, 0.1) is 0 Å². The van der Waals surface area contributed by atoms with Crippen molar-refractivity contribution in [2.24, 2.45) is 0 Å². The van der Waals surface area contributed by atoms with Crippen LogP contribution in [-0.2, 0) is 0 Å². The SMILES string of the molecule is CNc1c(C(=O)O)cnc2cc(OC)c(Br)cc12. The number of anilines is 1. The summed E-state index contributed by atoms with van der Waals surface area (Å²) in [6.07, 6.45) is 1.34. The van der Waals surface area contributed by atoms with Gasteiger partial charge >= 0.3 is 5.97 Å². The van der Waals surface area contributed by atoms with Crippen molar-refractivity contribution in [1.82, 2.24) is 4.98 Å². The first-order valence-electron chi connectivity index (χ1n) is 5.15. The van der Waals surface area contributed by atoms with Crippen LogP contribution in [0.4, 0.5) is 5.69 Å². The fraction of sp³-hybridized carbons (Fsp3) is 0.167. The minimum atomic E-state index is -1.01. The van der Waals surface area contributed by atoms with Gasteiger partial charge in [0.2, 0.25) is 0 Å². The lowest BCUT2D eigenvalue weighted by atomic mass is 10.1. The molecule has 1 aromatic carbocycles. The van der Waals surface area contributed by atoms with E-state index in [9.17, 15) is 4.79 Å². The second-order valence-corrected chi connectivity index (χ2v) is 4.46. The molecule has 6 heteroatoms. The Morgan fingerprint density at radius 2 is 2.22 bits per heavy atom. The topological polar surface area (TPSA) is 71.5 Å². The summed E-state index contributed by atoms with van der Waals surface area (Å²) >= 11 is 3.37. The average molecular weight is 311 g/mol. The van der Waals surface area contributed by atoms with E-state index >= 15 is 0 Å². The zero-order chi connectivity index (χ0) is 13.3. The Morgan fingerprint density at radius 3 is 2.78 bits per heavy atom. The molecule has 0 amide bonds. The predicted molar refractivity (Wildman–Crippen MR) is 72.5 cm³/mol. The van der Waals surface area contributed by atoms with Crippen LogP contribution in [0.15, 0.2) is 22.8 Å². The second-order valence-electron chi connectivity index (χ2n) is 3.61. The molecule has 0 aliphatic heterocycles. The third-order valence-corrected chi connectivity index (χ3v) is 3.24. The zero-order valence-electron chi connectivity index (χ0n) is 9.82. The van der Waals surface area contributed by atoms with E-state index in [2.05, 4.69) is 26.2 Å². The monoisotopic (exact) mass is 310 g/mol. The number of carboxylic acids is 1. The van der Waals surface area contributed by atoms with Gasteiger partial charge in [0.25, 0.3) is 0 Å². The minimum Gasteiger partial charge on any atom is -0.495 e. The first-order chi connectivity index (χ1) is 8.58. The smallest absolute Gasteiger partial charge is 0.339 e. The van der Waals surface area contributed by atoms with Crippen LogP contribution in [0.25, 0.3) is 10.9 Å². The van der Waals surface area contributed by atoms with E-state index in [1.165, 1.54) is 6.20 Å². The van der Waals surface area contributed by atoms with Gasteiger partial charge in [0.15, 0.2) is 0 Å². The molecular weight excluding hydrogens is 300 g/mol. The maximum absolute atomic E-state index is 11.1. The van der Waals surface area contributed by atoms with Gasteiger partial charge in [-0.25, -0.2) is 4.79 Å². The molecule has 0 atom stereocenters. The molecule has 18 heavy (non-hydrogen) atoms. The first-order valence-corrected chi connectivity index (χ1v) is 5.95. The molecular formula is C12H11BrN2O3. The molecule has 0 saturated carbocycles. The average Bonchev–Trinajstić information content (AvgIpc) is 2.36. The van der Waals surface area contributed by atoms with E-state index in [0.29, 0.717) is 17.0 Å². The van der Waals surface area contributed by atoms with E-state index in [1.807, 2.05) is 0 Å². The number of halogens is 1. The molecule has 0 aliphatic carbocycles. The van der Waals surface area contributed by atoms with E-state index < -0.39 is 5.97 Å². The number of nitrogens with zero attached hydrogens (tertiary/aromatic N) is 1. The number of carbonyl (C=O) groups is 1.